The van der Waals surface area contributed by atoms with Crippen LogP contribution < -0.4 is 9.70 Å². The first kappa shape index (κ1) is 22.2. The molecule has 0 bridgehead atoms. The predicted octanol–water partition coefficient (Wildman–Crippen LogP) is 2.95. The Morgan fingerprint density at radius 2 is 1.93 bits per heavy atom. The van der Waals surface area contributed by atoms with Gasteiger partial charge in [0.05, 0.1) is 17.8 Å². The lowest BCUT2D eigenvalue weighted by molar-refractivity contribution is 0.102. The molecule has 0 aliphatic carbocycles. The van der Waals surface area contributed by atoms with Gasteiger partial charge >= 0.3 is 0 Å². The first-order valence-corrected chi connectivity index (χ1v) is 12.6. The van der Waals surface area contributed by atoms with Gasteiger partial charge in [-0.25, -0.2) is 17.2 Å². The molecule has 1 aliphatic rings. The standard InChI is InChI=1S/C21H25FN2O4SSi/c1-13-4-6-17(29(26,27)24-30-20-12-28-9-8-14(20)2)11-18(13)21(25)23-16-5-7-19(22)15(3)10-16/h4-7,10-12,14,24H,8-9,30H2,1-3H3,(H,23,25). The fraction of sp³-hybridized carbons (Fsp3) is 0.286. The highest BCUT2D eigenvalue weighted by atomic mass is 32.2. The predicted molar refractivity (Wildman–Crippen MR) is 117 cm³/mol. The molecule has 0 fully saturated rings. The van der Waals surface area contributed by atoms with E-state index < -0.39 is 25.6 Å². The van der Waals surface area contributed by atoms with Crippen LogP contribution in [0.4, 0.5) is 10.1 Å². The monoisotopic (exact) mass is 448 g/mol. The first-order chi connectivity index (χ1) is 14.2. The van der Waals surface area contributed by atoms with Gasteiger partial charge in [-0.15, -0.1) is 0 Å². The molecule has 0 aromatic heterocycles. The number of halogens is 1. The molecule has 3 rings (SSSR count). The molecule has 1 aliphatic heterocycles. The molecule has 2 aromatic rings. The minimum absolute atomic E-state index is 0.0333. The summed E-state index contributed by atoms with van der Waals surface area (Å²) in [7, 11) is -5.02. The third-order valence-corrected chi connectivity index (χ3v) is 9.43. The number of hydrogen-bond donors (Lipinski definition) is 2. The van der Waals surface area contributed by atoms with E-state index in [-0.39, 0.29) is 16.3 Å². The summed E-state index contributed by atoms with van der Waals surface area (Å²) in [6, 6.07) is 8.72. The van der Waals surface area contributed by atoms with E-state index in [1.165, 1.54) is 30.3 Å². The van der Waals surface area contributed by atoms with E-state index >= 15 is 0 Å². The molecule has 1 unspecified atom stereocenters. The summed E-state index contributed by atoms with van der Waals surface area (Å²) in [6.07, 6.45) is 2.54. The number of nitrogens with one attached hydrogen (secondary N) is 2. The fourth-order valence-corrected chi connectivity index (χ4v) is 6.49. The van der Waals surface area contributed by atoms with Crippen molar-refractivity contribution in [3.05, 3.63) is 70.4 Å². The van der Waals surface area contributed by atoms with Crippen molar-refractivity contribution in [1.29, 1.82) is 0 Å². The number of carbonyl (C=O) groups is 1. The number of rotatable bonds is 6. The van der Waals surface area contributed by atoms with E-state index in [9.17, 15) is 17.6 Å². The van der Waals surface area contributed by atoms with Crippen LogP contribution in [0.25, 0.3) is 0 Å². The Balaban J connectivity index is 1.78. The molecular formula is C21H25FN2O4SSi. The normalized spacial score (nSPS) is 16.9. The number of carbonyl (C=O) groups excluding carboxylic acids is 1. The average molecular weight is 449 g/mol. The maximum absolute atomic E-state index is 13.4. The summed E-state index contributed by atoms with van der Waals surface area (Å²) in [5.41, 5.74) is 1.73. The summed E-state index contributed by atoms with van der Waals surface area (Å²) in [5, 5.41) is 3.71. The van der Waals surface area contributed by atoms with Crippen molar-refractivity contribution in [3.63, 3.8) is 0 Å². The molecular weight excluding hydrogens is 423 g/mol. The van der Waals surface area contributed by atoms with Gasteiger partial charge in [0.2, 0.25) is 10.0 Å². The largest absolute Gasteiger partial charge is 0.502 e. The van der Waals surface area contributed by atoms with Gasteiger partial charge in [-0.1, -0.05) is 13.0 Å². The molecule has 30 heavy (non-hydrogen) atoms. The molecule has 160 valence electrons. The highest BCUT2D eigenvalue weighted by Gasteiger charge is 2.21. The summed E-state index contributed by atoms with van der Waals surface area (Å²) in [5.74, 6) is -0.517. The number of anilines is 1. The van der Waals surface area contributed by atoms with Crippen LogP contribution in [0.5, 0.6) is 0 Å². The summed E-state index contributed by atoms with van der Waals surface area (Å²) in [6.45, 7) is 6.04. The quantitative estimate of drug-likeness (QED) is 0.666. The molecule has 0 saturated carbocycles. The molecule has 6 nitrogen and oxygen atoms in total. The minimum Gasteiger partial charge on any atom is -0.502 e. The van der Waals surface area contributed by atoms with Crippen LogP contribution in [0.3, 0.4) is 0 Å². The van der Waals surface area contributed by atoms with Crippen molar-refractivity contribution >= 4 is 31.3 Å². The number of aryl methyl sites for hydroxylation is 2. The molecule has 9 heteroatoms. The Hall–Kier alpha value is -2.49. The van der Waals surface area contributed by atoms with Gasteiger partial charge in [0.15, 0.2) is 0 Å². The molecule has 0 spiro atoms. The smallest absolute Gasteiger partial charge is 0.255 e. The first-order valence-electron chi connectivity index (χ1n) is 9.66. The fourth-order valence-electron chi connectivity index (χ4n) is 3.12. The molecule has 2 aromatic carbocycles. The number of hydrogen-bond acceptors (Lipinski definition) is 4. The maximum atomic E-state index is 13.4. The van der Waals surface area contributed by atoms with E-state index in [1.807, 2.05) is 0 Å². The van der Waals surface area contributed by atoms with E-state index in [0.717, 1.165) is 11.6 Å². The lowest BCUT2D eigenvalue weighted by atomic mass is 10.1. The third kappa shape index (κ3) is 5.16. The SMILES string of the molecule is Cc1cc(NC(=O)c2cc(S(=O)(=O)N[SiH2]C3=COCCC3C)ccc2C)ccc1F. The third-order valence-electron chi connectivity index (χ3n) is 5.18. The highest BCUT2D eigenvalue weighted by Crippen LogP contribution is 2.21. The van der Waals surface area contributed by atoms with Crippen LogP contribution in [-0.4, -0.2) is 30.6 Å². The van der Waals surface area contributed by atoms with Gasteiger partial charge in [0.25, 0.3) is 5.91 Å². The lowest BCUT2D eigenvalue weighted by Gasteiger charge is -2.21. The second-order valence-electron chi connectivity index (χ2n) is 7.47. The Labute approximate surface area is 178 Å². The van der Waals surface area contributed by atoms with E-state index in [4.69, 9.17) is 4.74 Å². The van der Waals surface area contributed by atoms with Crippen molar-refractivity contribution in [2.75, 3.05) is 11.9 Å². The maximum Gasteiger partial charge on any atom is 0.255 e. The van der Waals surface area contributed by atoms with Gasteiger partial charge in [-0.3, -0.25) is 4.79 Å². The average Bonchev–Trinajstić information content (AvgIpc) is 2.70. The van der Waals surface area contributed by atoms with Gasteiger partial charge in [-0.05, 0) is 72.8 Å². The van der Waals surface area contributed by atoms with Crippen LogP contribution in [0, 0.1) is 25.6 Å². The van der Waals surface area contributed by atoms with E-state index in [0.29, 0.717) is 29.3 Å². The zero-order chi connectivity index (χ0) is 21.9. The molecule has 1 atom stereocenters. The van der Waals surface area contributed by atoms with Crippen molar-refractivity contribution in [2.24, 2.45) is 5.92 Å². The number of ether oxygens (including phenoxy) is 1. The zero-order valence-corrected chi connectivity index (χ0v) is 19.4. The Kier molecular flexibility index (Phi) is 6.74. The number of allylic oxidation sites excluding steroid dienone is 1. The molecule has 1 heterocycles. The summed E-state index contributed by atoms with van der Waals surface area (Å²) in [4.78, 5) is 12.8. The summed E-state index contributed by atoms with van der Waals surface area (Å²) >= 11 is 0. The topological polar surface area (TPSA) is 84.5 Å². The van der Waals surface area contributed by atoms with Crippen molar-refractivity contribution in [1.82, 2.24) is 4.39 Å². The van der Waals surface area contributed by atoms with E-state index in [1.54, 1.807) is 26.2 Å². The van der Waals surface area contributed by atoms with Crippen LogP contribution in [0.15, 0.2) is 52.8 Å². The van der Waals surface area contributed by atoms with Crippen LogP contribution >= 0.6 is 0 Å². The molecule has 2 N–H and O–H groups in total. The van der Waals surface area contributed by atoms with Crippen LogP contribution in [0.2, 0.25) is 0 Å². The second kappa shape index (κ2) is 9.11. The minimum atomic E-state index is -3.76. The Morgan fingerprint density at radius 1 is 1.17 bits per heavy atom. The van der Waals surface area contributed by atoms with Crippen molar-refractivity contribution < 1.29 is 22.3 Å². The number of amides is 1. The summed E-state index contributed by atoms with van der Waals surface area (Å²) < 4.78 is 47.1. The highest BCUT2D eigenvalue weighted by molar-refractivity contribution is 7.90. The lowest BCUT2D eigenvalue weighted by Crippen LogP contribution is -2.32. The zero-order valence-electron chi connectivity index (χ0n) is 17.2. The van der Waals surface area contributed by atoms with Gasteiger partial charge in [0.1, 0.15) is 15.5 Å². The molecule has 0 saturated heterocycles. The Morgan fingerprint density at radius 3 is 2.63 bits per heavy atom. The Bertz CT molecular complexity index is 1100. The van der Waals surface area contributed by atoms with Crippen molar-refractivity contribution in [3.8, 4) is 0 Å². The van der Waals surface area contributed by atoms with Gasteiger partial charge in [0, 0.05) is 11.3 Å². The van der Waals surface area contributed by atoms with Gasteiger partial charge < -0.3 is 10.1 Å². The van der Waals surface area contributed by atoms with Crippen molar-refractivity contribution in [2.45, 2.75) is 32.1 Å². The number of benzene rings is 2. The van der Waals surface area contributed by atoms with E-state index in [2.05, 4.69) is 16.6 Å². The second-order valence-corrected chi connectivity index (χ2v) is 11.3. The molecule has 0 radical (unpaired) electrons. The van der Waals surface area contributed by atoms with Crippen LogP contribution in [0.1, 0.15) is 34.8 Å². The van der Waals surface area contributed by atoms with Crippen LogP contribution in [-0.2, 0) is 14.8 Å². The van der Waals surface area contributed by atoms with Gasteiger partial charge in [-0.2, -0.15) is 0 Å². The molecule has 1 amide bonds. The number of sulfonamides is 1.